The van der Waals surface area contributed by atoms with Crippen LogP contribution in [-0.2, 0) is 27.0 Å². The molecule has 1 aromatic heterocycles. The summed E-state index contributed by atoms with van der Waals surface area (Å²) >= 11 is 0. The van der Waals surface area contributed by atoms with E-state index < -0.39 is 24.5 Å². The first-order valence-corrected chi connectivity index (χ1v) is 7.77. The second kappa shape index (κ2) is 8.00. The number of ether oxygens (including phenoxy) is 1. The molecule has 6 nitrogen and oxygen atoms in total. The van der Waals surface area contributed by atoms with Crippen molar-refractivity contribution in [1.82, 2.24) is 14.9 Å². The zero-order valence-corrected chi connectivity index (χ0v) is 13.6. The van der Waals surface area contributed by atoms with Gasteiger partial charge < -0.3 is 14.6 Å². The van der Waals surface area contributed by atoms with Crippen molar-refractivity contribution in [2.24, 2.45) is 0 Å². The number of esters is 1. The summed E-state index contributed by atoms with van der Waals surface area (Å²) in [4.78, 5) is 26.7. The normalized spacial score (nSPS) is 11.5. The quantitative estimate of drug-likeness (QED) is 0.610. The highest BCUT2D eigenvalue weighted by Crippen LogP contribution is 2.31. The number of carbonyl (C=O) groups is 2. The Kier molecular flexibility index (Phi) is 6.00. The number of nitrogens with zero attached hydrogens (tertiary/aromatic N) is 2. The van der Waals surface area contributed by atoms with Crippen LogP contribution >= 0.6 is 0 Å². The molecule has 0 aliphatic heterocycles. The zero-order valence-electron chi connectivity index (χ0n) is 13.6. The number of hydrogen-bond donors (Lipinski definition) is 1. The maximum Gasteiger partial charge on any atom is 0.449 e. The lowest BCUT2D eigenvalue weighted by molar-refractivity contribution is -0.147. The van der Waals surface area contributed by atoms with Crippen LogP contribution in [0.3, 0.4) is 0 Å². The maximum absolute atomic E-state index is 13.1. The molecule has 0 unspecified atom stereocenters. The Morgan fingerprint density at radius 1 is 1.28 bits per heavy atom. The first-order chi connectivity index (χ1) is 11.8. The number of fused-ring (bicyclic) bond motifs is 1. The molecule has 1 N–H and O–H groups in total. The van der Waals surface area contributed by atoms with Gasteiger partial charge in [0.25, 0.3) is 0 Å². The van der Waals surface area contributed by atoms with Gasteiger partial charge in [0.05, 0.1) is 17.6 Å². The minimum atomic E-state index is -4.66. The summed E-state index contributed by atoms with van der Waals surface area (Å²) in [5, 5.41) is 2.50. The van der Waals surface area contributed by atoms with Gasteiger partial charge in [0, 0.05) is 13.0 Å². The van der Waals surface area contributed by atoms with Crippen LogP contribution in [-0.4, -0.2) is 34.6 Å². The number of carbonyl (C=O) groups excluding carboxylic acids is 2. The molecule has 0 atom stereocenters. The van der Waals surface area contributed by atoms with Crippen molar-refractivity contribution < 1.29 is 27.5 Å². The Labute approximate surface area is 142 Å². The van der Waals surface area contributed by atoms with E-state index in [2.05, 4.69) is 10.3 Å². The van der Waals surface area contributed by atoms with Gasteiger partial charge in [0.15, 0.2) is 0 Å². The van der Waals surface area contributed by atoms with Gasteiger partial charge in [-0.15, -0.1) is 0 Å². The molecule has 0 aliphatic rings. The van der Waals surface area contributed by atoms with E-state index in [9.17, 15) is 22.8 Å². The van der Waals surface area contributed by atoms with Crippen LogP contribution in [0.4, 0.5) is 13.2 Å². The second-order valence-corrected chi connectivity index (χ2v) is 5.27. The molecule has 1 amide bonds. The largest absolute Gasteiger partial charge is 0.466 e. The molecule has 0 fully saturated rings. The van der Waals surface area contributed by atoms with Crippen LogP contribution in [0.25, 0.3) is 11.0 Å². The summed E-state index contributed by atoms with van der Waals surface area (Å²) in [6.07, 6.45) is -4.18. The molecule has 0 spiro atoms. The Morgan fingerprint density at radius 2 is 2.00 bits per heavy atom. The van der Waals surface area contributed by atoms with E-state index in [-0.39, 0.29) is 36.6 Å². The van der Waals surface area contributed by atoms with Gasteiger partial charge in [0.2, 0.25) is 11.7 Å². The minimum Gasteiger partial charge on any atom is -0.466 e. The molecule has 0 saturated carbocycles. The van der Waals surface area contributed by atoms with E-state index in [1.54, 1.807) is 19.1 Å². The maximum atomic E-state index is 13.1. The summed E-state index contributed by atoms with van der Waals surface area (Å²) in [5.41, 5.74) is 0.404. The molecular formula is C16H18F3N3O3. The van der Waals surface area contributed by atoms with Gasteiger partial charge in [-0.05, 0) is 25.5 Å². The molecule has 25 heavy (non-hydrogen) atoms. The van der Waals surface area contributed by atoms with Crippen LogP contribution < -0.4 is 5.32 Å². The SMILES string of the molecule is CCOC(=O)CCCNC(=O)Cn1c(C(F)(F)F)nc2ccccc21. The highest BCUT2D eigenvalue weighted by Gasteiger charge is 2.37. The van der Waals surface area contributed by atoms with E-state index in [0.717, 1.165) is 4.57 Å². The van der Waals surface area contributed by atoms with Gasteiger partial charge in [-0.2, -0.15) is 13.2 Å². The van der Waals surface area contributed by atoms with E-state index in [0.29, 0.717) is 6.42 Å². The van der Waals surface area contributed by atoms with Crippen molar-refractivity contribution in [1.29, 1.82) is 0 Å². The molecule has 0 saturated heterocycles. The topological polar surface area (TPSA) is 73.2 Å². The van der Waals surface area contributed by atoms with Gasteiger partial charge in [-0.1, -0.05) is 12.1 Å². The number of amides is 1. The Bertz CT molecular complexity index is 756. The molecule has 1 heterocycles. The van der Waals surface area contributed by atoms with E-state index >= 15 is 0 Å². The summed E-state index contributed by atoms with van der Waals surface area (Å²) in [6, 6.07) is 6.09. The van der Waals surface area contributed by atoms with Crippen molar-refractivity contribution in [3.63, 3.8) is 0 Å². The number of nitrogens with one attached hydrogen (secondary N) is 1. The van der Waals surface area contributed by atoms with E-state index in [4.69, 9.17) is 4.74 Å². The Morgan fingerprint density at radius 3 is 2.68 bits per heavy atom. The standard InChI is InChI=1S/C16H18F3N3O3/c1-2-25-14(24)8-5-9-20-13(23)10-22-12-7-4-3-6-11(12)21-15(22)16(17,18)19/h3-4,6-7H,2,5,8-10H2,1H3,(H,20,23). The third kappa shape index (κ3) is 4.94. The fraction of sp³-hybridized carbons (Fsp3) is 0.438. The smallest absolute Gasteiger partial charge is 0.449 e. The van der Waals surface area contributed by atoms with Crippen LogP contribution in [0, 0.1) is 0 Å². The molecule has 1 aromatic carbocycles. The highest BCUT2D eigenvalue weighted by atomic mass is 19.4. The molecule has 0 bridgehead atoms. The third-order valence-electron chi connectivity index (χ3n) is 3.39. The molecule has 0 radical (unpaired) electrons. The van der Waals surface area contributed by atoms with Gasteiger partial charge in [-0.3, -0.25) is 9.59 Å². The van der Waals surface area contributed by atoms with E-state index in [1.807, 2.05) is 0 Å². The van der Waals surface area contributed by atoms with Crippen LogP contribution in [0.2, 0.25) is 0 Å². The first-order valence-electron chi connectivity index (χ1n) is 7.77. The van der Waals surface area contributed by atoms with Crippen molar-refractivity contribution >= 4 is 22.9 Å². The lowest BCUT2D eigenvalue weighted by Crippen LogP contribution is -2.30. The predicted molar refractivity (Wildman–Crippen MR) is 83.6 cm³/mol. The Hall–Kier alpha value is -2.58. The number of rotatable bonds is 7. The Balaban J connectivity index is 2.02. The molecular weight excluding hydrogens is 339 g/mol. The van der Waals surface area contributed by atoms with Crippen molar-refractivity contribution in [3.05, 3.63) is 30.1 Å². The summed E-state index contributed by atoms with van der Waals surface area (Å²) in [5.74, 6) is -2.08. The first kappa shape index (κ1) is 18.8. The summed E-state index contributed by atoms with van der Waals surface area (Å²) in [6.45, 7) is 1.63. The van der Waals surface area contributed by atoms with Crippen LogP contribution in [0.15, 0.2) is 24.3 Å². The van der Waals surface area contributed by atoms with Crippen molar-refractivity contribution in [3.8, 4) is 0 Å². The average Bonchev–Trinajstić information content (AvgIpc) is 2.91. The summed E-state index contributed by atoms with van der Waals surface area (Å²) in [7, 11) is 0. The minimum absolute atomic E-state index is 0.135. The van der Waals surface area contributed by atoms with Crippen molar-refractivity contribution in [2.75, 3.05) is 13.2 Å². The van der Waals surface area contributed by atoms with Crippen molar-refractivity contribution in [2.45, 2.75) is 32.5 Å². The molecule has 9 heteroatoms. The van der Waals surface area contributed by atoms with Crippen LogP contribution in [0.1, 0.15) is 25.6 Å². The monoisotopic (exact) mass is 357 g/mol. The number of alkyl halides is 3. The lowest BCUT2D eigenvalue weighted by Gasteiger charge is -2.11. The second-order valence-electron chi connectivity index (χ2n) is 5.27. The summed E-state index contributed by atoms with van der Waals surface area (Å²) < 4.78 is 45.0. The number of halogens is 3. The molecule has 0 aliphatic carbocycles. The molecule has 2 aromatic rings. The van der Waals surface area contributed by atoms with E-state index in [1.165, 1.54) is 12.1 Å². The number of para-hydroxylation sites is 2. The molecule has 2 rings (SSSR count). The number of benzene rings is 1. The van der Waals surface area contributed by atoms with Gasteiger partial charge in [0.1, 0.15) is 6.54 Å². The molecule has 136 valence electrons. The fourth-order valence-corrected chi connectivity index (χ4v) is 2.35. The number of imidazole rings is 1. The van der Waals surface area contributed by atoms with Crippen LogP contribution in [0.5, 0.6) is 0 Å². The van der Waals surface area contributed by atoms with Gasteiger partial charge >= 0.3 is 12.1 Å². The average molecular weight is 357 g/mol. The predicted octanol–water partition coefficient (Wildman–Crippen LogP) is 2.51. The number of hydrogen-bond acceptors (Lipinski definition) is 4. The lowest BCUT2D eigenvalue weighted by atomic mass is 10.3. The zero-order chi connectivity index (χ0) is 18.4. The third-order valence-corrected chi connectivity index (χ3v) is 3.39. The fourth-order valence-electron chi connectivity index (χ4n) is 2.35. The van der Waals surface area contributed by atoms with Gasteiger partial charge in [-0.25, -0.2) is 4.98 Å². The highest BCUT2D eigenvalue weighted by molar-refractivity contribution is 5.81. The number of aromatic nitrogens is 2.